The molecule has 3 heterocycles. The van der Waals surface area contributed by atoms with Crippen molar-refractivity contribution in [1.82, 2.24) is 9.97 Å². The first-order valence-corrected chi connectivity index (χ1v) is 11.9. The maximum atomic E-state index is 4.67. The molecule has 0 saturated heterocycles. The number of thiophene rings is 2. The molecule has 154 valence electrons. The molecule has 5 heteroatoms. The predicted molar refractivity (Wildman–Crippen MR) is 136 cm³/mol. The first-order chi connectivity index (χ1) is 15.3. The lowest BCUT2D eigenvalue weighted by molar-refractivity contribution is 1.30. The van der Waals surface area contributed by atoms with Crippen LogP contribution in [0.1, 0.15) is 23.6 Å². The van der Waals surface area contributed by atoms with Crippen LogP contribution in [0.25, 0.3) is 31.9 Å². The number of benzene rings is 2. The van der Waals surface area contributed by atoms with Gasteiger partial charge in [-0.25, -0.2) is 0 Å². The van der Waals surface area contributed by atoms with E-state index >= 15 is 0 Å². The summed E-state index contributed by atoms with van der Waals surface area (Å²) in [5.41, 5.74) is 5.07. The second-order valence-electron chi connectivity index (χ2n) is 6.62. The van der Waals surface area contributed by atoms with Crippen molar-refractivity contribution >= 4 is 45.6 Å². The third-order valence-electron chi connectivity index (χ3n) is 4.62. The highest BCUT2D eigenvalue weighted by Gasteiger charge is 2.13. The van der Waals surface area contributed by atoms with Gasteiger partial charge in [0.05, 0.1) is 16.7 Å². The SMILES string of the molecule is CC.Cc1ccc(-c2ccc(-c3ccc(C=Nc4ccccc4)s3)c3nccnc23)s1. The Morgan fingerprint density at radius 2 is 1.32 bits per heavy atom. The van der Waals surface area contributed by atoms with Crippen molar-refractivity contribution in [2.45, 2.75) is 20.8 Å². The first kappa shape index (κ1) is 21.1. The molecular weight excluding hydrogens is 418 g/mol. The zero-order valence-corrected chi connectivity index (χ0v) is 19.4. The minimum atomic E-state index is 0.935. The lowest BCUT2D eigenvalue weighted by Gasteiger charge is -2.07. The Bertz CT molecular complexity index is 1320. The molecule has 0 aliphatic heterocycles. The van der Waals surface area contributed by atoms with Crippen molar-refractivity contribution in [3.05, 3.63) is 88.9 Å². The van der Waals surface area contributed by atoms with Crippen molar-refractivity contribution < 1.29 is 0 Å². The van der Waals surface area contributed by atoms with Gasteiger partial charge in [0, 0.05) is 49.2 Å². The Balaban J connectivity index is 0.00000112. The highest BCUT2D eigenvalue weighted by atomic mass is 32.1. The van der Waals surface area contributed by atoms with E-state index in [0.29, 0.717) is 0 Å². The second kappa shape index (κ2) is 9.77. The maximum absolute atomic E-state index is 4.67. The largest absolute Gasteiger partial charge is 0.255 e. The van der Waals surface area contributed by atoms with E-state index in [1.807, 2.05) is 50.4 Å². The minimum Gasteiger partial charge on any atom is -0.255 e. The monoisotopic (exact) mass is 441 g/mol. The summed E-state index contributed by atoms with van der Waals surface area (Å²) in [5.74, 6) is 0. The Morgan fingerprint density at radius 3 is 1.94 bits per heavy atom. The number of fused-ring (bicyclic) bond motifs is 1. The van der Waals surface area contributed by atoms with Crippen LogP contribution >= 0.6 is 22.7 Å². The quantitative estimate of drug-likeness (QED) is 0.264. The average molecular weight is 442 g/mol. The number of aliphatic imine (C=N–C) groups is 1. The first-order valence-electron chi connectivity index (χ1n) is 10.3. The Labute approximate surface area is 190 Å². The van der Waals surface area contributed by atoms with Gasteiger partial charge < -0.3 is 0 Å². The number of para-hydroxylation sites is 1. The minimum absolute atomic E-state index is 0.935. The van der Waals surface area contributed by atoms with E-state index in [1.165, 1.54) is 14.6 Å². The molecule has 0 fully saturated rings. The molecule has 0 unspecified atom stereocenters. The normalized spacial score (nSPS) is 10.9. The zero-order valence-electron chi connectivity index (χ0n) is 17.7. The molecule has 3 aromatic heterocycles. The molecule has 2 aromatic carbocycles. The van der Waals surface area contributed by atoms with Crippen LogP contribution in [-0.4, -0.2) is 16.2 Å². The third kappa shape index (κ3) is 4.63. The van der Waals surface area contributed by atoms with Gasteiger partial charge in [-0.3, -0.25) is 15.0 Å². The second-order valence-corrected chi connectivity index (χ2v) is 9.02. The van der Waals surface area contributed by atoms with Gasteiger partial charge in [-0.05, 0) is 43.3 Å². The summed E-state index contributed by atoms with van der Waals surface area (Å²) >= 11 is 3.49. The molecule has 0 bridgehead atoms. The number of nitrogens with zero attached hydrogens (tertiary/aromatic N) is 3. The Kier molecular flexibility index (Phi) is 6.65. The lowest BCUT2D eigenvalue weighted by atomic mass is 10.1. The number of rotatable bonds is 4. The fourth-order valence-corrected chi connectivity index (χ4v) is 5.05. The molecule has 0 aliphatic rings. The molecule has 0 amide bonds. The summed E-state index contributed by atoms with van der Waals surface area (Å²) in [6.07, 6.45) is 5.45. The number of hydrogen-bond donors (Lipinski definition) is 0. The summed E-state index contributed by atoms with van der Waals surface area (Å²) in [7, 11) is 0. The molecule has 0 saturated carbocycles. The molecule has 0 spiro atoms. The van der Waals surface area contributed by atoms with E-state index in [9.17, 15) is 0 Å². The summed E-state index contributed by atoms with van der Waals surface area (Å²) in [6.45, 7) is 6.13. The van der Waals surface area contributed by atoms with Crippen LogP contribution in [0, 0.1) is 6.92 Å². The fourth-order valence-electron chi connectivity index (χ4n) is 3.25. The highest BCUT2D eigenvalue weighted by molar-refractivity contribution is 7.17. The molecule has 5 aromatic rings. The Hall–Kier alpha value is -3.15. The van der Waals surface area contributed by atoms with E-state index in [0.717, 1.165) is 32.7 Å². The molecule has 0 aliphatic carbocycles. The van der Waals surface area contributed by atoms with E-state index in [1.54, 1.807) is 35.1 Å². The number of aromatic nitrogens is 2. The van der Waals surface area contributed by atoms with Crippen LogP contribution in [0.4, 0.5) is 5.69 Å². The van der Waals surface area contributed by atoms with E-state index in [4.69, 9.17) is 0 Å². The van der Waals surface area contributed by atoms with Crippen molar-refractivity contribution in [2.24, 2.45) is 4.99 Å². The van der Waals surface area contributed by atoms with E-state index in [2.05, 4.69) is 58.3 Å². The molecule has 3 nitrogen and oxygen atoms in total. The zero-order chi connectivity index (χ0) is 21.6. The van der Waals surface area contributed by atoms with Gasteiger partial charge in [0.15, 0.2) is 0 Å². The van der Waals surface area contributed by atoms with Crippen LogP contribution in [0.2, 0.25) is 0 Å². The Morgan fingerprint density at radius 1 is 0.710 bits per heavy atom. The van der Waals surface area contributed by atoms with Crippen LogP contribution in [0.15, 0.2) is 84.1 Å². The van der Waals surface area contributed by atoms with Gasteiger partial charge >= 0.3 is 0 Å². The molecular formula is C26H23N3S2. The van der Waals surface area contributed by atoms with Gasteiger partial charge in [-0.15, -0.1) is 22.7 Å². The van der Waals surface area contributed by atoms with Crippen molar-refractivity contribution in [3.63, 3.8) is 0 Å². The maximum Gasteiger partial charge on any atom is 0.0979 e. The van der Waals surface area contributed by atoms with Gasteiger partial charge in [0.2, 0.25) is 0 Å². The van der Waals surface area contributed by atoms with Crippen molar-refractivity contribution in [1.29, 1.82) is 0 Å². The summed E-state index contributed by atoms with van der Waals surface area (Å²) in [6, 6.07) is 22.8. The molecule has 31 heavy (non-hydrogen) atoms. The molecule has 0 N–H and O–H groups in total. The van der Waals surface area contributed by atoms with Crippen molar-refractivity contribution in [2.75, 3.05) is 0 Å². The van der Waals surface area contributed by atoms with Gasteiger partial charge in [0.25, 0.3) is 0 Å². The standard InChI is InChI=1S/C24H17N3S2.C2H6/c1-16-7-11-21(28-16)19-9-10-20(24-23(19)25-13-14-26-24)22-12-8-18(29-22)15-27-17-5-3-2-4-6-17;1-2/h2-15H,1H3;1-2H3. The van der Waals surface area contributed by atoms with Crippen molar-refractivity contribution in [3.8, 4) is 20.9 Å². The van der Waals surface area contributed by atoms with Gasteiger partial charge in [0.1, 0.15) is 0 Å². The van der Waals surface area contributed by atoms with Crippen LogP contribution in [0.3, 0.4) is 0 Å². The highest BCUT2D eigenvalue weighted by Crippen LogP contribution is 2.38. The number of hydrogen-bond acceptors (Lipinski definition) is 5. The van der Waals surface area contributed by atoms with Crippen LogP contribution in [0.5, 0.6) is 0 Å². The average Bonchev–Trinajstić information content (AvgIpc) is 3.48. The summed E-state index contributed by atoms with van der Waals surface area (Å²) in [4.78, 5) is 18.7. The summed E-state index contributed by atoms with van der Waals surface area (Å²) in [5, 5.41) is 0. The van der Waals surface area contributed by atoms with Crippen LogP contribution < -0.4 is 0 Å². The smallest absolute Gasteiger partial charge is 0.0979 e. The topological polar surface area (TPSA) is 38.1 Å². The fraction of sp³-hybridized carbons (Fsp3) is 0.115. The number of aryl methyl sites for hydroxylation is 1. The van der Waals surface area contributed by atoms with E-state index in [-0.39, 0.29) is 0 Å². The van der Waals surface area contributed by atoms with Gasteiger partial charge in [-0.1, -0.05) is 44.2 Å². The molecule has 0 radical (unpaired) electrons. The lowest BCUT2D eigenvalue weighted by Crippen LogP contribution is -1.88. The van der Waals surface area contributed by atoms with E-state index < -0.39 is 0 Å². The predicted octanol–water partition coefficient (Wildman–Crippen LogP) is 8.17. The third-order valence-corrected chi connectivity index (χ3v) is 6.71. The molecule has 5 rings (SSSR count). The van der Waals surface area contributed by atoms with Gasteiger partial charge in [-0.2, -0.15) is 0 Å². The van der Waals surface area contributed by atoms with Crippen LogP contribution in [-0.2, 0) is 0 Å². The molecule has 0 atom stereocenters. The summed E-state index contributed by atoms with van der Waals surface area (Å²) < 4.78 is 0.